The van der Waals surface area contributed by atoms with Crippen LogP contribution in [-0.4, -0.2) is 59.5 Å². The van der Waals surface area contributed by atoms with Crippen LogP contribution in [0.4, 0.5) is 5.13 Å². The first-order valence-corrected chi connectivity index (χ1v) is 8.35. The molecule has 0 radical (unpaired) electrons. The summed E-state index contributed by atoms with van der Waals surface area (Å²) < 4.78 is 0. The normalized spacial score (nSPS) is 22.2. The molecule has 0 bridgehead atoms. The molecule has 1 aromatic rings. The summed E-state index contributed by atoms with van der Waals surface area (Å²) in [7, 11) is 0. The molecule has 2 aliphatic rings. The number of piperazine rings is 1. The minimum absolute atomic E-state index is 0.0502. The lowest BCUT2D eigenvalue weighted by Crippen LogP contribution is -2.51. The molecule has 1 aromatic heterocycles. The number of carbonyl (C=O) groups excluding carboxylic acids is 1. The Morgan fingerprint density at radius 1 is 1.30 bits per heavy atom. The van der Waals surface area contributed by atoms with Crippen molar-refractivity contribution in [2.45, 2.75) is 31.7 Å². The molecule has 1 aliphatic carbocycles. The second-order valence-corrected chi connectivity index (χ2v) is 6.53. The Morgan fingerprint density at radius 2 is 2.05 bits per heavy atom. The van der Waals surface area contributed by atoms with Crippen molar-refractivity contribution in [3.8, 4) is 0 Å². The molecule has 3 rings (SSSR count). The van der Waals surface area contributed by atoms with Crippen molar-refractivity contribution in [3.63, 3.8) is 0 Å². The van der Waals surface area contributed by atoms with Crippen LogP contribution >= 0.6 is 11.3 Å². The van der Waals surface area contributed by atoms with Crippen LogP contribution in [0.2, 0.25) is 0 Å². The number of hydrogen-bond donors (Lipinski definition) is 1. The largest absolute Gasteiger partial charge is 0.301 e. The van der Waals surface area contributed by atoms with Gasteiger partial charge in [0.1, 0.15) is 0 Å². The monoisotopic (exact) mass is 294 g/mol. The van der Waals surface area contributed by atoms with Crippen molar-refractivity contribution in [2.24, 2.45) is 0 Å². The third kappa shape index (κ3) is 3.56. The van der Waals surface area contributed by atoms with Gasteiger partial charge >= 0.3 is 0 Å². The number of nitrogens with one attached hydrogen (secondary N) is 1. The second-order valence-electron chi connectivity index (χ2n) is 5.64. The van der Waals surface area contributed by atoms with Crippen molar-refractivity contribution in [1.82, 2.24) is 14.8 Å². The lowest BCUT2D eigenvalue weighted by molar-refractivity contribution is -0.117. The number of carbonyl (C=O) groups is 1. The van der Waals surface area contributed by atoms with Crippen LogP contribution in [-0.2, 0) is 4.79 Å². The van der Waals surface area contributed by atoms with Gasteiger partial charge in [0.25, 0.3) is 0 Å². The Bertz CT molecular complexity index is 422. The number of amides is 1. The van der Waals surface area contributed by atoms with Crippen LogP contribution in [0, 0.1) is 0 Å². The van der Waals surface area contributed by atoms with E-state index < -0.39 is 0 Å². The van der Waals surface area contributed by atoms with Crippen molar-refractivity contribution in [3.05, 3.63) is 11.6 Å². The van der Waals surface area contributed by atoms with E-state index in [-0.39, 0.29) is 5.91 Å². The van der Waals surface area contributed by atoms with Gasteiger partial charge in [0.2, 0.25) is 5.91 Å². The van der Waals surface area contributed by atoms with Crippen molar-refractivity contribution < 1.29 is 4.79 Å². The van der Waals surface area contributed by atoms with Crippen LogP contribution in [0.25, 0.3) is 0 Å². The van der Waals surface area contributed by atoms with Crippen LogP contribution < -0.4 is 5.32 Å². The van der Waals surface area contributed by atoms with Gasteiger partial charge in [-0.15, -0.1) is 11.3 Å². The Labute approximate surface area is 124 Å². The van der Waals surface area contributed by atoms with E-state index in [1.54, 1.807) is 6.20 Å². The highest BCUT2D eigenvalue weighted by atomic mass is 32.1. The molecular weight excluding hydrogens is 272 g/mol. The first kappa shape index (κ1) is 14.0. The number of rotatable bonds is 4. The number of nitrogens with zero attached hydrogens (tertiary/aromatic N) is 3. The van der Waals surface area contributed by atoms with Gasteiger partial charge in [0.15, 0.2) is 5.13 Å². The molecule has 1 saturated carbocycles. The molecule has 0 spiro atoms. The van der Waals surface area contributed by atoms with E-state index >= 15 is 0 Å². The average Bonchev–Trinajstić information content (AvgIpc) is 3.12. The molecule has 110 valence electrons. The van der Waals surface area contributed by atoms with Crippen LogP contribution in [0.3, 0.4) is 0 Å². The molecule has 1 saturated heterocycles. The van der Waals surface area contributed by atoms with Gasteiger partial charge in [-0.2, -0.15) is 0 Å². The van der Waals surface area contributed by atoms with Gasteiger partial charge in [-0.1, -0.05) is 12.8 Å². The maximum atomic E-state index is 11.9. The molecule has 1 aliphatic heterocycles. The average molecular weight is 294 g/mol. The summed E-state index contributed by atoms with van der Waals surface area (Å²) in [5.74, 6) is 0.0502. The Morgan fingerprint density at radius 3 is 2.70 bits per heavy atom. The van der Waals surface area contributed by atoms with Crippen molar-refractivity contribution in [2.75, 3.05) is 38.0 Å². The van der Waals surface area contributed by atoms with E-state index in [9.17, 15) is 4.79 Å². The minimum atomic E-state index is 0.0502. The summed E-state index contributed by atoms with van der Waals surface area (Å²) in [5.41, 5.74) is 0. The molecule has 0 atom stereocenters. The van der Waals surface area contributed by atoms with Crippen LogP contribution in [0.1, 0.15) is 25.7 Å². The lowest BCUT2D eigenvalue weighted by Gasteiger charge is -2.37. The van der Waals surface area contributed by atoms with E-state index in [4.69, 9.17) is 0 Å². The zero-order chi connectivity index (χ0) is 13.8. The van der Waals surface area contributed by atoms with E-state index in [0.717, 1.165) is 32.2 Å². The van der Waals surface area contributed by atoms with Crippen LogP contribution in [0.15, 0.2) is 11.6 Å². The topological polar surface area (TPSA) is 48.5 Å². The summed E-state index contributed by atoms with van der Waals surface area (Å²) in [5, 5.41) is 5.41. The molecule has 1 amide bonds. The molecular formula is C14H22N4OS. The molecule has 0 aromatic carbocycles. The van der Waals surface area contributed by atoms with E-state index in [2.05, 4.69) is 20.1 Å². The summed E-state index contributed by atoms with van der Waals surface area (Å²) in [6, 6.07) is 0.807. The van der Waals surface area contributed by atoms with Gasteiger partial charge in [0, 0.05) is 43.8 Å². The van der Waals surface area contributed by atoms with Crippen molar-refractivity contribution in [1.29, 1.82) is 0 Å². The maximum absolute atomic E-state index is 11.9. The minimum Gasteiger partial charge on any atom is -0.301 e. The summed E-state index contributed by atoms with van der Waals surface area (Å²) >= 11 is 1.46. The highest BCUT2D eigenvalue weighted by Crippen LogP contribution is 2.24. The molecule has 20 heavy (non-hydrogen) atoms. The second kappa shape index (κ2) is 6.65. The zero-order valence-corrected chi connectivity index (χ0v) is 12.6. The van der Waals surface area contributed by atoms with E-state index in [1.807, 2.05) is 5.38 Å². The molecule has 2 fully saturated rings. The van der Waals surface area contributed by atoms with E-state index in [1.165, 1.54) is 37.0 Å². The Balaban J connectivity index is 1.40. The fraction of sp³-hybridized carbons (Fsp3) is 0.714. The fourth-order valence-electron chi connectivity index (χ4n) is 3.20. The standard InChI is InChI=1S/C14H22N4OS/c19-13(16-14-15-5-10-20-14)11-17-6-8-18(9-7-17)12-3-1-2-4-12/h5,10,12H,1-4,6-9,11H2,(H,15,16,19). The number of hydrogen-bond acceptors (Lipinski definition) is 5. The first-order valence-electron chi connectivity index (χ1n) is 7.47. The number of thiazole rings is 1. The molecule has 6 heteroatoms. The third-order valence-corrected chi connectivity index (χ3v) is 4.98. The van der Waals surface area contributed by atoms with Gasteiger partial charge in [-0.05, 0) is 12.8 Å². The molecule has 2 heterocycles. The highest BCUT2D eigenvalue weighted by molar-refractivity contribution is 7.13. The number of anilines is 1. The number of aromatic nitrogens is 1. The summed E-state index contributed by atoms with van der Waals surface area (Å²) in [6.45, 7) is 4.70. The van der Waals surface area contributed by atoms with Crippen LogP contribution in [0.5, 0.6) is 0 Å². The lowest BCUT2D eigenvalue weighted by atomic mass is 10.2. The summed E-state index contributed by atoms with van der Waals surface area (Å²) in [6.07, 6.45) is 7.22. The predicted octanol–water partition coefficient (Wildman–Crippen LogP) is 1.64. The maximum Gasteiger partial charge on any atom is 0.240 e. The summed E-state index contributed by atoms with van der Waals surface area (Å²) in [4.78, 5) is 20.8. The Kier molecular flexibility index (Phi) is 4.65. The predicted molar refractivity (Wildman–Crippen MR) is 81.0 cm³/mol. The quantitative estimate of drug-likeness (QED) is 0.917. The molecule has 1 N–H and O–H groups in total. The van der Waals surface area contributed by atoms with Gasteiger partial charge in [-0.25, -0.2) is 4.98 Å². The fourth-order valence-corrected chi connectivity index (χ4v) is 3.75. The van der Waals surface area contributed by atoms with Gasteiger partial charge in [-0.3, -0.25) is 14.6 Å². The van der Waals surface area contributed by atoms with Crippen molar-refractivity contribution >= 4 is 22.4 Å². The third-order valence-electron chi connectivity index (χ3n) is 4.29. The van der Waals surface area contributed by atoms with E-state index in [0.29, 0.717) is 11.7 Å². The zero-order valence-electron chi connectivity index (χ0n) is 11.8. The van der Waals surface area contributed by atoms with Gasteiger partial charge < -0.3 is 5.32 Å². The smallest absolute Gasteiger partial charge is 0.240 e. The van der Waals surface area contributed by atoms with Gasteiger partial charge in [0.05, 0.1) is 6.54 Å². The SMILES string of the molecule is O=C(CN1CCN(C2CCCC2)CC1)Nc1nccs1. The molecule has 0 unspecified atom stereocenters. The first-order chi connectivity index (χ1) is 9.81. The molecule has 5 nitrogen and oxygen atoms in total. The Hall–Kier alpha value is -0.980. The highest BCUT2D eigenvalue weighted by Gasteiger charge is 2.26.